The summed E-state index contributed by atoms with van der Waals surface area (Å²) in [7, 11) is 1.96. The number of benzene rings is 1. The molecule has 1 aliphatic heterocycles. The highest BCUT2D eigenvalue weighted by molar-refractivity contribution is 5.79. The van der Waals surface area contributed by atoms with Gasteiger partial charge in [-0.1, -0.05) is 29.8 Å². The zero-order chi connectivity index (χ0) is 16.8. The highest BCUT2D eigenvalue weighted by Crippen LogP contribution is 2.24. The van der Waals surface area contributed by atoms with E-state index in [1.54, 1.807) is 0 Å². The van der Waals surface area contributed by atoms with E-state index in [0.717, 1.165) is 12.1 Å². The summed E-state index contributed by atoms with van der Waals surface area (Å²) in [5.41, 5.74) is 2.22. The van der Waals surface area contributed by atoms with Crippen molar-refractivity contribution in [1.29, 1.82) is 0 Å². The molecule has 23 heavy (non-hydrogen) atoms. The normalized spacial score (nSPS) is 21.2. The van der Waals surface area contributed by atoms with Gasteiger partial charge in [-0.2, -0.15) is 0 Å². The van der Waals surface area contributed by atoms with Gasteiger partial charge in [-0.25, -0.2) is 0 Å². The van der Waals surface area contributed by atoms with E-state index in [0.29, 0.717) is 26.1 Å². The van der Waals surface area contributed by atoms with Gasteiger partial charge in [0.1, 0.15) is 0 Å². The van der Waals surface area contributed by atoms with Gasteiger partial charge >= 0.3 is 0 Å². The quantitative estimate of drug-likeness (QED) is 0.769. The molecule has 0 radical (unpaired) electrons. The van der Waals surface area contributed by atoms with Crippen LogP contribution in [-0.4, -0.2) is 72.4 Å². The predicted octanol–water partition coefficient (Wildman–Crippen LogP) is 0.529. The maximum absolute atomic E-state index is 12.5. The Hall–Kier alpha value is -1.43. The van der Waals surface area contributed by atoms with E-state index >= 15 is 0 Å². The number of carbonyl (C=O) groups is 1. The van der Waals surface area contributed by atoms with Crippen molar-refractivity contribution >= 4 is 5.91 Å². The number of hydrogen-bond donors (Lipinski definition) is 2. The Bertz CT molecular complexity index is 503. The first-order valence-corrected chi connectivity index (χ1v) is 8.27. The molecule has 1 aromatic rings. The zero-order valence-corrected chi connectivity index (χ0v) is 14.1. The third-order valence-corrected chi connectivity index (χ3v) is 4.67. The summed E-state index contributed by atoms with van der Waals surface area (Å²) in [5.74, 6) is 0.510. The summed E-state index contributed by atoms with van der Waals surface area (Å²) in [4.78, 5) is 16.4. The van der Waals surface area contributed by atoms with E-state index in [9.17, 15) is 9.90 Å². The van der Waals surface area contributed by atoms with Gasteiger partial charge in [0.15, 0.2) is 0 Å². The Labute approximate surface area is 138 Å². The Morgan fingerprint density at radius 1 is 1.22 bits per heavy atom. The van der Waals surface area contributed by atoms with Crippen molar-refractivity contribution in [3.05, 3.63) is 35.4 Å². The average Bonchev–Trinajstić information content (AvgIpc) is 2.93. The molecule has 0 saturated carbocycles. The van der Waals surface area contributed by atoms with Crippen LogP contribution in [0.1, 0.15) is 11.1 Å². The summed E-state index contributed by atoms with van der Waals surface area (Å²) in [6, 6.07) is 8.05. The van der Waals surface area contributed by atoms with Crippen molar-refractivity contribution < 1.29 is 15.0 Å². The van der Waals surface area contributed by atoms with Gasteiger partial charge in [0.2, 0.25) is 5.91 Å². The van der Waals surface area contributed by atoms with Crippen LogP contribution in [0, 0.1) is 18.8 Å². The minimum absolute atomic E-state index is 0.103. The molecule has 2 N–H and O–H groups in total. The van der Waals surface area contributed by atoms with Crippen molar-refractivity contribution in [2.75, 3.05) is 46.4 Å². The molecule has 0 spiro atoms. The van der Waals surface area contributed by atoms with Gasteiger partial charge in [0.05, 0.1) is 13.0 Å². The molecule has 5 nitrogen and oxygen atoms in total. The van der Waals surface area contributed by atoms with E-state index in [1.165, 1.54) is 5.56 Å². The maximum Gasteiger partial charge on any atom is 0.227 e. The number of aliphatic hydroxyl groups is 2. The van der Waals surface area contributed by atoms with E-state index in [-0.39, 0.29) is 31.0 Å². The standard InChI is InChI=1S/C18H28N2O3/c1-14-3-5-15(6-4-14)9-18(23)20-11-16(17(12-20)13-22)10-19(2)7-8-21/h3-6,16-17,21-22H,7-13H2,1-2H3. The molecule has 1 fully saturated rings. The molecule has 5 heteroatoms. The summed E-state index contributed by atoms with van der Waals surface area (Å²) < 4.78 is 0. The van der Waals surface area contributed by atoms with Crippen LogP contribution < -0.4 is 0 Å². The lowest BCUT2D eigenvalue weighted by atomic mass is 9.96. The number of rotatable bonds is 7. The number of aryl methyl sites for hydroxylation is 1. The minimum Gasteiger partial charge on any atom is -0.396 e. The van der Waals surface area contributed by atoms with Crippen LogP contribution in [-0.2, 0) is 11.2 Å². The lowest BCUT2D eigenvalue weighted by Gasteiger charge is -2.23. The fraction of sp³-hybridized carbons (Fsp3) is 0.611. The molecule has 1 aromatic carbocycles. The third-order valence-electron chi connectivity index (χ3n) is 4.67. The molecule has 0 aromatic heterocycles. The maximum atomic E-state index is 12.5. The van der Waals surface area contributed by atoms with Gasteiger partial charge in [-0.05, 0) is 25.5 Å². The second kappa shape index (κ2) is 8.43. The largest absolute Gasteiger partial charge is 0.396 e. The molecule has 1 heterocycles. The first kappa shape index (κ1) is 17.9. The third kappa shape index (κ3) is 5.03. The molecule has 1 saturated heterocycles. The molecule has 2 atom stereocenters. The Morgan fingerprint density at radius 3 is 2.48 bits per heavy atom. The molecule has 128 valence electrons. The molecule has 2 unspecified atom stereocenters. The molecule has 0 bridgehead atoms. The summed E-state index contributed by atoms with van der Waals surface area (Å²) in [6.07, 6.45) is 0.414. The van der Waals surface area contributed by atoms with Crippen LogP contribution >= 0.6 is 0 Å². The molecule has 1 amide bonds. The van der Waals surface area contributed by atoms with Crippen molar-refractivity contribution in [2.45, 2.75) is 13.3 Å². The van der Waals surface area contributed by atoms with Crippen LogP contribution in [0.4, 0.5) is 0 Å². The average molecular weight is 320 g/mol. The fourth-order valence-electron chi connectivity index (χ4n) is 3.21. The van der Waals surface area contributed by atoms with Gasteiger partial charge in [0, 0.05) is 38.7 Å². The van der Waals surface area contributed by atoms with Gasteiger partial charge < -0.3 is 20.0 Å². The highest BCUT2D eigenvalue weighted by Gasteiger charge is 2.35. The number of carbonyl (C=O) groups excluding carboxylic acids is 1. The van der Waals surface area contributed by atoms with Crippen LogP contribution in [0.5, 0.6) is 0 Å². The van der Waals surface area contributed by atoms with Crippen LogP contribution in [0.25, 0.3) is 0 Å². The van der Waals surface area contributed by atoms with Crippen molar-refractivity contribution in [3.8, 4) is 0 Å². The van der Waals surface area contributed by atoms with E-state index in [1.807, 2.05) is 43.1 Å². The Balaban J connectivity index is 1.92. The van der Waals surface area contributed by atoms with E-state index in [4.69, 9.17) is 5.11 Å². The lowest BCUT2D eigenvalue weighted by molar-refractivity contribution is -0.129. The number of likely N-dealkylation sites (tertiary alicyclic amines) is 1. The molecular formula is C18H28N2O3. The molecule has 1 aliphatic rings. The number of amides is 1. The van der Waals surface area contributed by atoms with Crippen LogP contribution in [0.2, 0.25) is 0 Å². The van der Waals surface area contributed by atoms with E-state index in [2.05, 4.69) is 4.90 Å². The second-order valence-electron chi connectivity index (χ2n) is 6.65. The van der Waals surface area contributed by atoms with Gasteiger partial charge in [0.25, 0.3) is 0 Å². The topological polar surface area (TPSA) is 64.0 Å². The van der Waals surface area contributed by atoms with Crippen LogP contribution in [0.3, 0.4) is 0 Å². The highest BCUT2D eigenvalue weighted by atomic mass is 16.3. The molecule has 2 rings (SSSR count). The summed E-state index contributed by atoms with van der Waals surface area (Å²) in [5, 5.41) is 18.6. The number of aliphatic hydroxyl groups excluding tert-OH is 2. The Kier molecular flexibility index (Phi) is 6.57. The minimum atomic E-state index is 0.103. The molecule has 0 aliphatic carbocycles. The zero-order valence-electron chi connectivity index (χ0n) is 14.1. The fourth-order valence-corrected chi connectivity index (χ4v) is 3.21. The van der Waals surface area contributed by atoms with E-state index < -0.39 is 0 Å². The number of nitrogens with zero attached hydrogens (tertiary/aromatic N) is 2. The summed E-state index contributed by atoms with van der Waals surface area (Å²) in [6.45, 7) is 4.98. The van der Waals surface area contributed by atoms with Gasteiger partial charge in [-0.15, -0.1) is 0 Å². The first-order valence-electron chi connectivity index (χ1n) is 8.27. The Morgan fingerprint density at radius 2 is 1.87 bits per heavy atom. The lowest BCUT2D eigenvalue weighted by Crippen LogP contribution is -2.34. The first-order chi connectivity index (χ1) is 11.0. The van der Waals surface area contributed by atoms with Gasteiger partial charge in [-0.3, -0.25) is 4.79 Å². The van der Waals surface area contributed by atoms with Crippen molar-refractivity contribution in [2.24, 2.45) is 11.8 Å². The monoisotopic (exact) mass is 320 g/mol. The van der Waals surface area contributed by atoms with Crippen LogP contribution in [0.15, 0.2) is 24.3 Å². The number of likely N-dealkylation sites (N-methyl/N-ethyl adjacent to an activating group) is 1. The smallest absolute Gasteiger partial charge is 0.227 e. The predicted molar refractivity (Wildman–Crippen MR) is 90.1 cm³/mol. The second-order valence-corrected chi connectivity index (χ2v) is 6.65. The SMILES string of the molecule is Cc1ccc(CC(=O)N2CC(CO)C(CN(C)CCO)C2)cc1. The number of hydrogen-bond acceptors (Lipinski definition) is 4. The van der Waals surface area contributed by atoms with Crippen molar-refractivity contribution in [1.82, 2.24) is 9.80 Å². The molecular weight excluding hydrogens is 292 g/mol. The summed E-state index contributed by atoms with van der Waals surface area (Å²) >= 11 is 0. The van der Waals surface area contributed by atoms with Crippen molar-refractivity contribution in [3.63, 3.8) is 0 Å².